The maximum atomic E-state index is 15.6. The summed E-state index contributed by atoms with van der Waals surface area (Å²) >= 11 is 0. The first kappa shape index (κ1) is 63.1. The van der Waals surface area contributed by atoms with Crippen molar-refractivity contribution in [3.63, 3.8) is 0 Å². The zero-order valence-corrected chi connectivity index (χ0v) is 45.4. The van der Waals surface area contributed by atoms with Gasteiger partial charge in [-0.05, 0) is 43.8 Å². The van der Waals surface area contributed by atoms with Gasteiger partial charge in [-0.25, -0.2) is 0 Å². The molecule has 1 saturated heterocycles. The molecule has 0 spiro atoms. The predicted molar refractivity (Wildman–Crippen MR) is 275 cm³/mol. The molecule has 11 heteroatoms. The van der Waals surface area contributed by atoms with Crippen LogP contribution in [0.15, 0.2) is 12.7 Å². The van der Waals surface area contributed by atoms with E-state index >= 15 is 8.78 Å². The van der Waals surface area contributed by atoms with Crippen molar-refractivity contribution < 1.29 is 42.1 Å². The predicted octanol–water partition coefficient (Wildman–Crippen LogP) is 15.7. The van der Waals surface area contributed by atoms with Crippen molar-refractivity contribution in [1.82, 2.24) is 5.32 Å². The molecule has 0 radical (unpaired) electrons. The highest BCUT2D eigenvalue weighted by atomic mass is 28.4. The number of carbonyl (C=O) groups is 1. The van der Waals surface area contributed by atoms with Gasteiger partial charge in [-0.3, -0.25) is 4.79 Å². The monoisotopic (exact) mass is 960 g/mol. The van der Waals surface area contributed by atoms with Crippen molar-refractivity contribution in [3.05, 3.63) is 12.7 Å². The minimum absolute atomic E-state index is 0.0333. The molecule has 392 valence electrons. The fourth-order valence-corrected chi connectivity index (χ4v) is 9.61. The SMILES string of the molecule is C=CCO[C@H]1O[C@H](CO[Si](C)(C)C(C)(C)C)[C@@H](O)[C@H](OCC[C@@H](CCCCCCCCCCC)OCCCCCCCCCCCC)[C@H]1NC(=O)C(F)(F)CCCCCCCCCCCC. The van der Waals surface area contributed by atoms with Gasteiger partial charge in [0.25, 0.3) is 5.91 Å². The molecule has 0 aromatic rings. The molecule has 1 heterocycles. The van der Waals surface area contributed by atoms with Crippen LogP contribution >= 0.6 is 0 Å². The number of unbranched alkanes of at least 4 members (excludes halogenated alkanes) is 26. The largest absolute Gasteiger partial charge is 0.414 e. The molecular weight excluding hydrogens is 853 g/mol. The number of alkyl halides is 2. The summed E-state index contributed by atoms with van der Waals surface area (Å²) in [6.07, 6.45) is 32.0. The van der Waals surface area contributed by atoms with E-state index in [1.165, 1.54) is 128 Å². The maximum Gasteiger partial charge on any atom is 0.324 e. The fraction of sp³-hybridized carbons (Fsp3) is 0.945. The summed E-state index contributed by atoms with van der Waals surface area (Å²) in [4.78, 5) is 13.5. The lowest BCUT2D eigenvalue weighted by molar-refractivity contribution is -0.274. The van der Waals surface area contributed by atoms with Crippen LogP contribution in [0.5, 0.6) is 0 Å². The lowest BCUT2D eigenvalue weighted by Gasteiger charge is -2.46. The molecule has 1 amide bonds. The van der Waals surface area contributed by atoms with E-state index in [2.05, 4.69) is 66.5 Å². The first-order valence-corrected chi connectivity index (χ1v) is 30.7. The van der Waals surface area contributed by atoms with E-state index in [1.54, 1.807) is 6.08 Å². The van der Waals surface area contributed by atoms with Crippen molar-refractivity contribution in [3.8, 4) is 0 Å². The molecule has 2 N–H and O–H groups in total. The third-order valence-corrected chi connectivity index (χ3v) is 18.7. The summed E-state index contributed by atoms with van der Waals surface area (Å²) in [5.74, 6) is -5.01. The molecule has 0 aromatic carbocycles. The Hall–Kier alpha value is -0.953. The number of halogens is 2. The molecule has 6 atom stereocenters. The van der Waals surface area contributed by atoms with Crippen LogP contribution in [0.2, 0.25) is 18.1 Å². The van der Waals surface area contributed by atoms with Crippen LogP contribution in [0.3, 0.4) is 0 Å². The van der Waals surface area contributed by atoms with Crippen molar-refractivity contribution in [2.45, 2.75) is 308 Å². The highest BCUT2D eigenvalue weighted by Gasteiger charge is 2.51. The van der Waals surface area contributed by atoms with Crippen LogP contribution in [-0.2, 0) is 28.2 Å². The Balaban J connectivity index is 3.09. The highest BCUT2D eigenvalue weighted by Crippen LogP contribution is 2.37. The Morgan fingerprint density at radius 3 is 1.61 bits per heavy atom. The number of hydrogen-bond donors (Lipinski definition) is 2. The zero-order valence-electron chi connectivity index (χ0n) is 44.4. The third-order valence-electron chi connectivity index (χ3n) is 14.2. The van der Waals surface area contributed by atoms with Gasteiger partial charge in [0.2, 0.25) is 0 Å². The maximum absolute atomic E-state index is 15.6. The van der Waals surface area contributed by atoms with Gasteiger partial charge in [-0.1, -0.05) is 221 Å². The van der Waals surface area contributed by atoms with Crippen LogP contribution in [0.1, 0.15) is 247 Å². The molecule has 1 fully saturated rings. The number of ether oxygens (including phenoxy) is 4. The van der Waals surface area contributed by atoms with Crippen LogP contribution in [0.4, 0.5) is 8.78 Å². The highest BCUT2D eigenvalue weighted by molar-refractivity contribution is 6.74. The molecule has 1 aliphatic heterocycles. The molecule has 66 heavy (non-hydrogen) atoms. The fourth-order valence-electron chi connectivity index (χ4n) is 8.59. The standard InChI is InChI=1S/C55H107F2NO7Si/c1-10-14-17-20-23-26-29-32-35-38-42-55(56,57)53(60)58-49-51(50(59)48(65-52(49)63-43-13-4)46-64-66(8,9)54(5,6)7)62-45-41-47(40-37-34-31-28-25-22-19-16-12-3)61-44-39-36-33-30-27-24-21-18-15-11-2/h13,47-52,59H,4,10-12,14-46H2,1-3,5-9H3,(H,58,60)/t47-,48-,49-,50-,51-,52+/m1/s1. The van der Waals surface area contributed by atoms with Gasteiger partial charge in [0.1, 0.15) is 24.4 Å². The molecule has 0 aliphatic carbocycles. The Morgan fingerprint density at radius 1 is 0.682 bits per heavy atom. The minimum atomic E-state index is -3.61. The summed E-state index contributed by atoms with van der Waals surface area (Å²) in [5, 5.41) is 14.4. The molecular formula is C55H107F2NO7Si. The quantitative estimate of drug-likeness (QED) is 0.0357. The number of aliphatic hydroxyl groups excluding tert-OH is 1. The third kappa shape index (κ3) is 29.3. The van der Waals surface area contributed by atoms with Gasteiger partial charge in [0.15, 0.2) is 14.6 Å². The smallest absolute Gasteiger partial charge is 0.324 e. The van der Waals surface area contributed by atoms with E-state index in [-0.39, 0.29) is 37.4 Å². The Morgan fingerprint density at radius 2 is 1.14 bits per heavy atom. The van der Waals surface area contributed by atoms with Crippen LogP contribution < -0.4 is 5.32 Å². The number of carbonyl (C=O) groups excluding carboxylic acids is 1. The molecule has 0 saturated carbocycles. The van der Waals surface area contributed by atoms with Gasteiger partial charge in [0, 0.05) is 19.6 Å². The Labute approximate surface area is 407 Å². The van der Waals surface area contributed by atoms with Crippen LogP contribution in [-0.4, -0.2) is 88.4 Å². The van der Waals surface area contributed by atoms with E-state index in [4.69, 9.17) is 23.4 Å². The van der Waals surface area contributed by atoms with Gasteiger partial charge >= 0.3 is 5.92 Å². The number of amides is 1. The lowest BCUT2D eigenvalue weighted by atomic mass is 9.95. The Bertz CT molecular complexity index is 1160. The summed E-state index contributed by atoms with van der Waals surface area (Å²) in [5.41, 5.74) is 0. The first-order valence-electron chi connectivity index (χ1n) is 27.8. The first-order chi connectivity index (χ1) is 31.6. The number of hydrogen-bond acceptors (Lipinski definition) is 7. The zero-order chi connectivity index (χ0) is 48.9. The van der Waals surface area contributed by atoms with Gasteiger partial charge in [-0.15, -0.1) is 6.58 Å². The number of nitrogens with one attached hydrogen (secondary N) is 1. The van der Waals surface area contributed by atoms with Crippen molar-refractivity contribution in [1.29, 1.82) is 0 Å². The molecule has 0 aromatic heterocycles. The lowest BCUT2D eigenvalue weighted by Crippen LogP contribution is -2.67. The molecule has 0 bridgehead atoms. The normalized spacial score (nSPS) is 19.9. The summed E-state index contributed by atoms with van der Waals surface area (Å²) in [7, 11) is -2.26. The van der Waals surface area contributed by atoms with Gasteiger partial charge in [-0.2, -0.15) is 8.78 Å². The van der Waals surface area contributed by atoms with Gasteiger partial charge in [0.05, 0.1) is 19.3 Å². The van der Waals surface area contributed by atoms with E-state index < -0.39 is 57.2 Å². The number of aliphatic hydroxyl groups is 1. The van der Waals surface area contributed by atoms with E-state index in [9.17, 15) is 9.90 Å². The second-order valence-electron chi connectivity index (χ2n) is 21.3. The second-order valence-corrected chi connectivity index (χ2v) is 26.1. The molecule has 1 aliphatic rings. The second kappa shape index (κ2) is 38.8. The number of rotatable bonds is 45. The van der Waals surface area contributed by atoms with E-state index in [0.717, 1.165) is 51.4 Å². The minimum Gasteiger partial charge on any atom is -0.414 e. The average Bonchev–Trinajstić information content (AvgIpc) is 3.27. The van der Waals surface area contributed by atoms with Crippen LogP contribution in [0.25, 0.3) is 0 Å². The molecule has 0 unspecified atom stereocenters. The topological polar surface area (TPSA) is 95.5 Å². The van der Waals surface area contributed by atoms with Crippen molar-refractivity contribution in [2.24, 2.45) is 0 Å². The Kier molecular flexibility index (Phi) is 37.0. The average molecular weight is 961 g/mol. The summed E-state index contributed by atoms with van der Waals surface area (Å²) < 4.78 is 63.2. The van der Waals surface area contributed by atoms with E-state index in [0.29, 0.717) is 19.4 Å². The van der Waals surface area contributed by atoms with Crippen LogP contribution in [0, 0.1) is 0 Å². The molecule has 1 rings (SSSR count). The van der Waals surface area contributed by atoms with E-state index in [1.807, 2.05) is 0 Å². The molecule has 8 nitrogen and oxygen atoms in total. The summed E-state index contributed by atoms with van der Waals surface area (Å²) in [6, 6.07) is -1.20. The summed E-state index contributed by atoms with van der Waals surface area (Å²) in [6.45, 7) is 22.2. The van der Waals surface area contributed by atoms with Crippen molar-refractivity contribution in [2.75, 3.05) is 26.4 Å². The van der Waals surface area contributed by atoms with Crippen molar-refractivity contribution >= 4 is 14.2 Å². The van der Waals surface area contributed by atoms with Gasteiger partial charge < -0.3 is 33.8 Å².